The molecular formula is C43H41N3O4S2+2. The van der Waals surface area contributed by atoms with Crippen LogP contribution in [0.15, 0.2) is 143 Å². The number of nitrogens with zero attached hydrogens (tertiary/aromatic N) is 3. The zero-order valence-corrected chi connectivity index (χ0v) is 30.4. The Morgan fingerprint density at radius 1 is 0.750 bits per heavy atom. The number of allylic oxidation sites excluding steroid dienone is 4. The largest absolute Gasteiger partial charge is 0.481 e. The van der Waals surface area contributed by atoms with E-state index >= 15 is 0 Å². The van der Waals surface area contributed by atoms with Crippen molar-refractivity contribution in [2.45, 2.75) is 56.0 Å². The van der Waals surface area contributed by atoms with Crippen LogP contribution in [-0.4, -0.2) is 39.0 Å². The van der Waals surface area contributed by atoms with Crippen LogP contribution in [0.5, 0.6) is 0 Å². The lowest BCUT2D eigenvalue weighted by Crippen LogP contribution is -2.35. The van der Waals surface area contributed by atoms with E-state index in [4.69, 9.17) is 0 Å². The first-order valence-electron chi connectivity index (χ1n) is 17.7. The van der Waals surface area contributed by atoms with E-state index in [1.807, 2.05) is 24.3 Å². The van der Waals surface area contributed by atoms with Crippen LogP contribution >= 0.6 is 23.1 Å². The zero-order chi connectivity index (χ0) is 35.9. The highest BCUT2D eigenvalue weighted by molar-refractivity contribution is 8.03. The van der Waals surface area contributed by atoms with Crippen molar-refractivity contribution in [1.29, 1.82) is 0 Å². The minimum atomic E-state index is -0.778. The Morgan fingerprint density at radius 2 is 1.40 bits per heavy atom. The SMILES string of the molecule is O=C(O)CCCN1C(=CC=C2CCC(C=Cc3sc4ccccc4[n+]3CCCC(=O)O)=[N+]2C(c2ccccc2)c2ccccc2)Sc2ccccc21. The highest BCUT2D eigenvalue weighted by Crippen LogP contribution is 2.46. The number of thiazole rings is 1. The van der Waals surface area contributed by atoms with E-state index in [1.165, 1.54) is 32.1 Å². The van der Waals surface area contributed by atoms with E-state index in [9.17, 15) is 19.8 Å². The van der Waals surface area contributed by atoms with Gasteiger partial charge >= 0.3 is 11.9 Å². The first kappa shape index (κ1) is 35.2. The molecule has 52 heavy (non-hydrogen) atoms. The van der Waals surface area contributed by atoms with Gasteiger partial charge in [0.15, 0.2) is 18.0 Å². The van der Waals surface area contributed by atoms with Crippen molar-refractivity contribution < 1.29 is 28.9 Å². The van der Waals surface area contributed by atoms with E-state index in [0.717, 1.165) is 34.1 Å². The molecule has 3 heterocycles. The molecule has 7 nitrogen and oxygen atoms in total. The number of aromatic nitrogens is 1. The molecule has 7 rings (SSSR count). The standard InChI is InChI=1S/C43H39N3O4S2/c47-41(48)21-11-29-44-35-17-7-9-19-37(35)51-39(44)27-25-33-23-24-34(46(33)43(31-13-3-1-4-14-31)32-15-5-2-6-16-32)26-28-40-45(30-12-22-42(49)50)36-18-8-10-20-38(36)52-40/h1-10,13-20,25-28,43H,11-12,21-24,29-30H2/p+2. The molecule has 0 spiro atoms. The summed E-state index contributed by atoms with van der Waals surface area (Å²) in [5, 5.41) is 20.8. The second kappa shape index (κ2) is 16.4. The Morgan fingerprint density at radius 3 is 2.13 bits per heavy atom. The maximum Gasteiger partial charge on any atom is 0.303 e. The van der Waals surface area contributed by atoms with E-state index in [2.05, 4.69) is 123 Å². The fourth-order valence-corrected chi connectivity index (χ4v) is 9.21. The van der Waals surface area contributed by atoms with Gasteiger partial charge in [-0.1, -0.05) is 108 Å². The average molecular weight is 728 g/mol. The van der Waals surface area contributed by atoms with Gasteiger partial charge in [-0.05, 0) is 30.7 Å². The molecule has 9 heteroatoms. The van der Waals surface area contributed by atoms with Crippen LogP contribution in [0.3, 0.4) is 0 Å². The Labute approximate surface area is 312 Å². The number of fused-ring (bicyclic) bond motifs is 2. The number of hydrogen-bond donors (Lipinski definition) is 2. The fraction of sp³-hybridized carbons (Fsp3) is 0.209. The number of carboxylic acid groups (broad SMARTS) is 2. The number of benzene rings is 4. The van der Waals surface area contributed by atoms with Crippen molar-refractivity contribution in [2.75, 3.05) is 11.4 Å². The van der Waals surface area contributed by atoms with Crippen LogP contribution in [0.25, 0.3) is 16.3 Å². The molecule has 0 saturated carbocycles. The third-order valence-corrected chi connectivity index (χ3v) is 11.7. The average Bonchev–Trinajstić information content (AvgIpc) is 3.84. The van der Waals surface area contributed by atoms with E-state index in [1.54, 1.807) is 23.1 Å². The molecule has 0 saturated heterocycles. The Balaban J connectivity index is 1.32. The van der Waals surface area contributed by atoms with Crippen molar-refractivity contribution in [3.05, 3.63) is 154 Å². The number of anilines is 1. The van der Waals surface area contributed by atoms with Gasteiger partial charge in [-0.25, -0.2) is 0 Å². The number of carboxylic acids is 2. The van der Waals surface area contributed by atoms with Crippen LogP contribution in [0, 0.1) is 0 Å². The van der Waals surface area contributed by atoms with Crippen LogP contribution in [0.4, 0.5) is 5.69 Å². The second-order valence-electron chi connectivity index (χ2n) is 12.9. The van der Waals surface area contributed by atoms with Crippen molar-refractivity contribution in [3.63, 3.8) is 0 Å². The normalized spacial score (nSPS) is 15.9. The predicted octanol–water partition coefficient (Wildman–Crippen LogP) is 9.31. The lowest BCUT2D eigenvalue weighted by molar-refractivity contribution is -0.669. The molecule has 0 radical (unpaired) electrons. The van der Waals surface area contributed by atoms with Crippen LogP contribution in [0.2, 0.25) is 0 Å². The molecule has 1 aromatic heterocycles. The van der Waals surface area contributed by atoms with Gasteiger partial charge in [0, 0.05) is 72.5 Å². The molecule has 2 aliphatic rings. The first-order valence-corrected chi connectivity index (χ1v) is 19.3. The minimum absolute atomic E-state index is 0.0561. The van der Waals surface area contributed by atoms with Crippen LogP contribution < -0.4 is 9.47 Å². The number of hydrogen-bond acceptors (Lipinski definition) is 5. The van der Waals surface area contributed by atoms with Gasteiger partial charge in [-0.3, -0.25) is 9.59 Å². The van der Waals surface area contributed by atoms with Gasteiger partial charge in [-0.15, -0.1) is 0 Å². The molecule has 0 bridgehead atoms. The summed E-state index contributed by atoms with van der Waals surface area (Å²) in [4.78, 5) is 26.1. The van der Waals surface area contributed by atoms with Crippen LogP contribution in [0.1, 0.15) is 60.7 Å². The van der Waals surface area contributed by atoms with Crippen molar-refractivity contribution in [3.8, 4) is 0 Å². The molecule has 2 aliphatic heterocycles. The maximum absolute atomic E-state index is 11.4. The maximum atomic E-state index is 11.4. The predicted molar refractivity (Wildman–Crippen MR) is 210 cm³/mol. The number of carbonyl (C=O) groups is 2. The van der Waals surface area contributed by atoms with Gasteiger partial charge in [0.2, 0.25) is 11.6 Å². The van der Waals surface area contributed by atoms with Gasteiger partial charge < -0.3 is 15.1 Å². The molecule has 4 aromatic carbocycles. The molecule has 0 fully saturated rings. The second-order valence-corrected chi connectivity index (χ2v) is 15.0. The molecule has 262 valence electrons. The van der Waals surface area contributed by atoms with Gasteiger partial charge in [0.25, 0.3) is 5.01 Å². The lowest BCUT2D eigenvalue weighted by atomic mass is 9.97. The summed E-state index contributed by atoms with van der Waals surface area (Å²) in [7, 11) is 0. The highest BCUT2D eigenvalue weighted by atomic mass is 32.2. The number of rotatable bonds is 14. The van der Waals surface area contributed by atoms with Crippen molar-refractivity contribution >= 4 is 62.7 Å². The Hall–Kier alpha value is -5.25. The van der Waals surface area contributed by atoms with Gasteiger partial charge in [0.05, 0.1) is 17.1 Å². The zero-order valence-electron chi connectivity index (χ0n) is 28.8. The van der Waals surface area contributed by atoms with E-state index in [0.29, 0.717) is 25.9 Å². The van der Waals surface area contributed by atoms with Crippen molar-refractivity contribution in [1.82, 2.24) is 0 Å². The molecule has 0 aliphatic carbocycles. The summed E-state index contributed by atoms with van der Waals surface area (Å²) in [6, 6.07) is 37.9. The number of para-hydroxylation sites is 2. The van der Waals surface area contributed by atoms with E-state index < -0.39 is 11.9 Å². The highest BCUT2D eigenvalue weighted by Gasteiger charge is 2.36. The number of aryl methyl sites for hydroxylation is 1. The van der Waals surface area contributed by atoms with Gasteiger partial charge in [0.1, 0.15) is 4.70 Å². The van der Waals surface area contributed by atoms with Crippen LogP contribution in [-0.2, 0) is 16.1 Å². The quantitative estimate of drug-likeness (QED) is 0.111. The third kappa shape index (κ3) is 7.96. The van der Waals surface area contributed by atoms with Crippen molar-refractivity contribution in [2.24, 2.45) is 0 Å². The molecule has 5 aromatic rings. The molecular weight excluding hydrogens is 687 g/mol. The Kier molecular flexibility index (Phi) is 11.1. The third-order valence-electron chi connectivity index (χ3n) is 9.40. The van der Waals surface area contributed by atoms with E-state index in [-0.39, 0.29) is 18.9 Å². The minimum Gasteiger partial charge on any atom is -0.481 e. The number of aliphatic carboxylic acids is 2. The van der Waals surface area contributed by atoms with Gasteiger partial charge in [-0.2, -0.15) is 9.14 Å². The monoisotopic (exact) mass is 727 g/mol. The summed E-state index contributed by atoms with van der Waals surface area (Å²) >= 11 is 3.45. The number of thioether (sulfide) groups is 1. The topological polar surface area (TPSA) is 84.7 Å². The summed E-state index contributed by atoms with van der Waals surface area (Å²) in [6.45, 7) is 1.26. The summed E-state index contributed by atoms with van der Waals surface area (Å²) < 4.78 is 5.91. The lowest BCUT2D eigenvalue weighted by Gasteiger charge is -2.20. The summed E-state index contributed by atoms with van der Waals surface area (Å²) in [6.07, 6.45) is 12.0. The fourth-order valence-electron chi connectivity index (χ4n) is 7.03. The molecule has 0 atom stereocenters. The smallest absolute Gasteiger partial charge is 0.303 e. The molecule has 0 unspecified atom stereocenters. The molecule has 2 N–H and O–H groups in total. The summed E-state index contributed by atoms with van der Waals surface area (Å²) in [5.74, 6) is -1.56. The Bertz CT molecular complexity index is 2170. The molecule has 0 amide bonds. The summed E-state index contributed by atoms with van der Waals surface area (Å²) in [5.41, 5.74) is 7.04. The first-order chi connectivity index (χ1) is 25.5.